The molecule has 0 aliphatic carbocycles. The summed E-state index contributed by atoms with van der Waals surface area (Å²) in [5, 5.41) is 19.1. The number of benzene rings is 2. The van der Waals surface area contributed by atoms with Crippen molar-refractivity contribution in [3.8, 4) is 0 Å². The Labute approximate surface area is 161 Å². The Morgan fingerprint density at radius 2 is 1.82 bits per heavy atom. The number of aliphatic hydroxyl groups is 1. The number of carbonyl (C=O) groups excluding carboxylic acids is 1. The molecule has 0 saturated heterocycles. The number of esters is 1. The topological polar surface area (TPSA) is 82.9 Å². The van der Waals surface area contributed by atoms with Gasteiger partial charge in [0, 0.05) is 26.0 Å². The molecular formula is C21H19FN2O4. The molecule has 1 unspecified atom stereocenters. The molecule has 6 nitrogen and oxygen atoms in total. The number of hydrogen-bond acceptors (Lipinski definition) is 5. The van der Waals surface area contributed by atoms with Crippen LogP contribution in [0.25, 0.3) is 0 Å². The second-order valence-electron chi connectivity index (χ2n) is 7.20. The average Bonchev–Trinajstić information content (AvgIpc) is 2.88. The number of nitrogens with one attached hydrogen (secondary N) is 1. The zero-order chi connectivity index (χ0) is 20.1. The lowest BCUT2D eigenvalue weighted by atomic mass is 9.97. The number of carbonyl (C=O) groups is 1. The minimum absolute atomic E-state index is 0.0591. The van der Waals surface area contributed by atoms with E-state index >= 15 is 0 Å². The van der Waals surface area contributed by atoms with Crippen molar-refractivity contribution >= 4 is 11.8 Å². The molecule has 2 heterocycles. The molecule has 0 amide bonds. The Kier molecular flexibility index (Phi) is 4.10. The largest absolute Gasteiger partial charge is 0.480 e. The molecule has 0 spiro atoms. The first-order chi connectivity index (χ1) is 13.3. The highest BCUT2D eigenvalue weighted by atomic mass is 19.1. The molecular weight excluding hydrogens is 363 g/mol. The number of aliphatic hydroxyl groups excluding tert-OH is 1. The lowest BCUT2D eigenvalue weighted by Crippen LogP contribution is -2.41. The molecule has 4 rings (SSSR count). The smallest absolute Gasteiger partial charge is 0.347 e. The zero-order valence-corrected chi connectivity index (χ0v) is 15.4. The molecule has 0 aromatic heterocycles. The van der Waals surface area contributed by atoms with Gasteiger partial charge in [0.2, 0.25) is 0 Å². The lowest BCUT2D eigenvalue weighted by Gasteiger charge is -2.35. The summed E-state index contributed by atoms with van der Waals surface area (Å²) in [4.78, 5) is 14.4. The molecule has 144 valence electrons. The van der Waals surface area contributed by atoms with Crippen molar-refractivity contribution in [3.05, 3.63) is 82.6 Å². The van der Waals surface area contributed by atoms with E-state index in [1.807, 2.05) is 0 Å². The van der Waals surface area contributed by atoms with Crippen LogP contribution in [0.15, 0.2) is 60.0 Å². The third-order valence-corrected chi connectivity index (χ3v) is 4.78. The molecule has 0 bridgehead atoms. The van der Waals surface area contributed by atoms with Crippen molar-refractivity contribution < 1.29 is 23.8 Å². The van der Waals surface area contributed by atoms with E-state index in [-0.39, 0.29) is 23.8 Å². The SMILES string of the molecule is CC1(C)OC(=O)C(C2c3ccccc3C(=N)N2Cc2ccc(F)cc2)=C(O)O1. The van der Waals surface area contributed by atoms with Crippen LogP contribution < -0.4 is 0 Å². The van der Waals surface area contributed by atoms with Crippen LogP contribution in [-0.2, 0) is 20.8 Å². The van der Waals surface area contributed by atoms with Crippen LogP contribution in [-0.4, -0.2) is 27.6 Å². The first-order valence-corrected chi connectivity index (χ1v) is 8.81. The molecule has 0 saturated carbocycles. The quantitative estimate of drug-likeness (QED) is 0.790. The van der Waals surface area contributed by atoms with Gasteiger partial charge in [-0.1, -0.05) is 36.4 Å². The highest BCUT2D eigenvalue weighted by Crippen LogP contribution is 2.43. The molecule has 7 heteroatoms. The summed E-state index contributed by atoms with van der Waals surface area (Å²) in [6.07, 6.45) is 0. The number of cyclic esters (lactones) is 1. The van der Waals surface area contributed by atoms with Gasteiger partial charge in [-0.2, -0.15) is 0 Å². The lowest BCUT2D eigenvalue weighted by molar-refractivity contribution is -0.223. The Morgan fingerprint density at radius 1 is 1.14 bits per heavy atom. The fourth-order valence-electron chi connectivity index (χ4n) is 3.57. The van der Waals surface area contributed by atoms with Crippen molar-refractivity contribution in [2.75, 3.05) is 0 Å². The number of hydrogen-bond donors (Lipinski definition) is 2. The standard InChI is InChI=1S/C21H19FN2O4/c1-21(2)27-19(25)16(20(26)28-21)17-14-5-3-4-6-15(14)18(23)24(17)11-12-7-9-13(22)10-8-12/h3-10,17,23,25H,11H2,1-2H3. The summed E-state index contributed by atoms with van der Waals surface area (Å²) < 4.78 is 23.9. The zero-order valence-electron chi connectivity index (χ0n) is 15.4. The molecule has 2 aromatic rings. The van der Waals surface area contributed by atoms with Crippen LogP contribution in [0.2, 0.25) is 0 Å². The highest BCUT2D eigenvalue weighted by molar-refractivity contribution is 6.04. The number of amidine groups is 1. The summed E-state index contributed by atoms with van der Waals surface area (Å²) in [6.45, 7) is 3.30. The van der Waals surface area contributed by atoms with E-state index in [4.69, 9.17) is 14.9 Å². The maximum Gasteiger partial charge on any atom is 0.347 e. The van der Waals surface area contributed by atoms with Gasteiger partial charge >= 0.3 is 5.97 Å². The Bertz CT molecular complexity index is 998. The summed E-state index contributed by atoms with van der Waals surface area (Å²) in [6, 6.07) is 12.4. The fraction of sp³-hybridized carbons (Fsp3) is 0.238. The van der Waals surface area contributed by atoms with E-state index in [0.29, 0.717) is 11.1 Å². The van der Waals surface area contributed by atoms with Crippen LogP contribution in [0.1, 0.15) is 36.6 Å². The normalized spacial score (nSPS) is 20.7. The summed E-state index contributed by atoms with van der Waals surface area (Å²) in [7, 11) is 0. The summed E-state index contributed by atoms with van der Waals surface area (Å²) in [5.74, 6) is -2.65. The summed E-state index contributed by atoms with van der Waals surface area (Å²) >= 11 is 0. The van der Waals surface area contributed by atoms with E-state index in [1.165, 1.54) is 26.0 Å². The molecule has 0 radical (unpaired) electrons. The Balaban J connectivity index is 1.80. The maximum atomic E-state index is 13.3. The first kappa shape index (κ1) is 18.0. The van der Waals surface area contributed by atoms with Gasteiger partial charge in [0.15, 0.2) is 0 Å². The van der Waals surface area contributed by atoms with Gasteiger partial charge in [0.05, 0.1) is 6.04 Å². The van der Waals surface area contributed by atoms with Crippen LogP contribution in [0.3, 0.4) is 0 Å². The van der Waals surface area contributed by atoms with Gasteiger partial charge in [0.1, 0.15) is 17.2 Å². The highest BCUT2D eigenvalue weighted by Gasteiger charge is 2.46. The van der Waals surface area contributed by atoms with Crippen LogP contribution >= 0.6 is 0 Å². The molecule has 1 atom stereocenters. The number of fused-ring (bicyclic) bond motifs is 1. The number of ether oxygens (including phenoxy) is 2. The molecule has 2 N–H and O–H groups in total. The van der Waals surface area contributed by atoms with Gasteiger partial charge in [-0.15, -0.1) is 0 Å². The van der Waals surface area contributed by atoms with Crippen molar-refractivity contribution in [1.29, 1.82) is 5.41 Å². The van der Waals surface area contributed by atoms with Crippen LogP contribution in [0, 0.1) is 11.2 Å². The van der Waals surface area contributed by atoms with Crippen LogP contribution in [0.5, 0.6) is 0 Å². The van der Waals surface area contributed by atoms with Crippen molar-refractivity contribution in [1.82, 2.24) is 4.90 Å². The van der Waals surface area contributed by atoms with Gasteiger partial charge in [-0.3, -0.25) is 5.41 Å². The number of nitrogens with zero attached hydrogens (tertiary/aromatic N) is 1. The molecule has 2 aromatic carbocycles. The Hall–Kier alpha value is -3.35. The predicted octanol–water partition coefficient (Wildman–Crippen LogP) is 3.79. The van der Waals surface area contributed by atoms with Gasteiger partial charge in [0.25, 0.3) is 11.7 Å². The average molecular weight is 382 g/mol. The van der Waals surface area contributed by atoms with E-state index in [2.05, 4.69) is 0 Å². The molecule has 0 fully saturated rings. The third-order valence-electron chi connectivity index (χ3n) is 4.78. The molecule has 28 heavy (non-hydrogen) atoms. The van der Waals surface area contributed by atoms with Crippen molar-refractivity contribution in [2.45, 2.75) is 32.2 Å². The number of halogens is 1. The van der Waals surface area contributed by atoms with E-state index in [9.17, 15) is 14.3 Å². The maximum absolute atomic E-state index is 13.3. The van der Waals surface area contributed by atoms with Crippen LogP contribution in [0.4, 0.5) is 4.39 Å². The van der Waals surface area contributed by atoms with E-state index in [0.717, 1.165) is 5.56 Å². The second kappa shape index (κ2) is 6.37. The monoisotopic (exact) mass is 382 g/mol. The van der Waals surface area contributed by atoms with Gasteiger partial charge in [-0.05, 0) is 23.3 Å². The Morgan fingerprint density at radius 3 is 2.50 bits per heavy atom. The van der Waals surface area contributed by atoms with Gasteiger partial charge in [-0.25, -0.2) is 9.18 Å². The van der Waals surface area contributed by atoms with E-state index < -0.39 is 23.7 Å². The van der Waals surface area contributed by atoms with E-state index in [1.54, 1.807) is 41.3 Å². The summed E-state index contributed by atoms with van der Waals surface area (Å²) in [5.41, 5.74) is 2.04. The second-order valence-corrected chi connectivity index (χ2v) is 7.20. The molecule has 2 aliphatic rings. The predicted molar refractivity (Wildman–Crippen MR) is 98.9 cm³/mol. The fourth-order valence-corrected chi connectivity index (χ4v) is 3.57. The molecule has 2 aliphatic heterocycles. The first-order valence-electron chi connectivity index (χ1n) is 8.81. The number of rotatable bonds is 3. The third kappa shape index (κ3) is 2.98. The minimum Gasteiger partial charge on any atom is -0.480 e. The van der Waals surface area contributed by atoms with Crippen molar-refractivity contribution in [2.24, 2.45) is 0 Å². The van der Waals surface area contributed by atoms with Gasteiger partial charge < -0.3 is 19.5 Å². The van der Waals surface area contributed by atoms with Crippen molar-refractivity contribution in [3.63, 3.8) is 0 Å². The minimum atomic E-state index is -1.28.